The first-order chi connectivity index (χ1) is 8.11. The molecule has 1 heterocycles. The third kappa shape index (κ3) is 7.93. The Morgan fingerprint density at radius 1 is 1.47 bits per heavy atom. The van der Waals surface area contributed by atoms with Crippen molar-refractivity contribution in [3.8, 4) is 0 Å². The Morgan fingerprint density at radius 3 is 2.41 bits per heavy atom. The second kappa shape index (κ2) is 9.30. The van der Waals surface area contributed by atoms with Gasteiger partial charge in [0.15, 0.2) is 0 Å². The molecule has 0 spiro atoms. The van der Waals surface area contributed by atoms with Gasteiger partial charge in [0, 0.05) is 24.6 Å². The van der Waals surface area contributed by atoms with E-state index in [1.807, 2.05) is 12.1 Å². The van der Waals surface area contributed by atoms with Gasteiger partial charge in [-0.1, -0.05) is 18.7 Å². The lowest BCUT2D eigenvalue weighted by Gasteiger charge is -1.89. The van der Waals surface area contributed by atoms with Crippen LogP contribution in [0.1, 0.15) is 18.9 Å². The maximum Gasteiger partial charge on any atom is 0.330 e. The van der Waals surface area contributed by atoms with Crippen LogP contribution in [0.15, 0.2) is 42.8 Å². The second-order valence-corrected chi connectivity index (χ2v) is 3.19. The number of aliphatic hydroxyl groups is 1. The number of pyridine rings is 1. The van der Waals surface area contributed by atoms with Gasteiger partial charge in [-0.25, -0.2) is 4.79 Å². The van der Waals surface area contributed by atoms with Crippen LogP contribution in [0.25, 0.3) is 6.08 Å². The third-order valence-corrected chi connectivity index (χ3v) is 1.86. The van der Waals surface area contributed by atoms with E-state index in [4.69, 9.17) is 10.2 Å². The third-order valence-electron chi connectivity index (χ3n) is 1.86. The first kappa shape index (κ1) is 15.1. The largest absolute Gasteiger partial charge is 0.478 e. The summed E-state index contributed by atoms with van der Waals surface area (Å²) in [5.74, 6) is -0.927. The van der Waals surface area contributed by atoms with Gasteiger partial charge in [-0.3, -0.25) is 4.98 Å². The molecule has 0 radical (unpaired) electrons. The van der Waals surface area contributed by atoms with E-state index in [0.29, 0.717) is 6.42 Å². The number of hydrogen-bond acceptors (Lipinski definition) is 3. The average molecular weight is 235 g/mol. The van der Waals surface area contributed by atoms with Crippen molar-refractivity contribution in [2.45, 2.75) is 13.3 Å². The molecule has 0 amide bonds. The van der Waals surface area contributed by atoms with Crippen LogP contribution in [0.3, 0.4) is 0 Å². The molecular weight excluding hydrogens is 218 g/mol. The van der Waals surface area contributed by atoms with E-state index in [1.54, 1.807) is 18.5 Å². The van der Waals surface area contributed by atoms with E-state index in [-0.39, 0.29) is 12.2 Å². The first-order valence-corrected chi connectivity index (χ1v) is 5.15. The van der Waals surface area contributed by atoms with Crippen molar-refractivity contribution in [3.05, 3.63) is 48.3 Å². The highest BCUT2D eigenvalue weighted by molar-refractivity contribution is 5.85. The fourth-order valence-corrected chi connectivity index (χ4v) is 0.868. The Morgan fingerprint density at radius 2 is 2.06 bits per heavy atom. The van der Waals surface area contributed by atoms with Gasteiger partial charge in [0.05, 0.1) is 0 Å². The lowest BCUT2D eigenvalue weighted by Crippen LogP contribution is -1.95. The Kier molecular flexibility index (Phi) is 8.24. The van der Waals surface area contributed by atoms with Crippen molar-refractivity contribution in [3.63, 3.8) is 0 Å². The van der Waals surface area contributed by atoms with Crippen molar-refractivity contribution < 1.29 is 15.0 Å². The molecule has 0 saturated carbocycles. The van der Waals surface area contributed by atoms with Crippen LogP contribution in [0.5, 0.6) is 0 Å². The van der Waals surface area contributed by atoms with Gasteiger partial charge in [0.2, 0.25) is 0 Å². The van der Waals surface area contributed by atoms with Crippen LogP contribution < -0.4 is 0 Å². The summed E-state index contributed by atoms with van der Waals surface area (Å²) in [5, 5.41) is 16.5. The molecule has 0 bridgehead atoms. The predicted octanol–water partition coefficient (Wildman–Crippen LogP) is 2.12. The highest BCUT2D eigenvalue weighted by Gasteiger charge is 1.96. The number of hydrogen-bond donors (Lipinski definition) is 2. The molecule has 2 N–H and O–H groups in total. The molecule has 1 rings (SSSR count). The Bertz CT molecular complexity index is 372. The molecule has 4 nitrogen and oxygen atoms in total. The lowest BCUT2D eigenvalue weighted by molar-refractivity contribution is -0.132. The molecule has 0 fully saturated rings. The number of carbonyl (C=O) groups is 1. The van der Waals surface area contributed by atoms with E-state index >= 15 is 0 Å². The zero-order valence-corrected chi connectivity index (χ0v) is 9.84. The van der Waals surface area contributed by atoms with Gasteiger partial charge in [0.1, 0.15) is 0 Å². The minimum Gasteiger partial charge on any atom is -0.478 e. The average Bonchev–Trinajstić information content (AvgIpc) is 2.37. The summed E-state index contributed by atoms with van der Waals surface area (Å²) in [6.07, 6.45) is 7.19. The second-order valence-electron chi connectivity index (χ2n) is 3.19. The van der Waals surface area contributed by atoms with E-state index < -0.39 is 5.97 Å². The Hall–Kier alpha value is -1.94. The van der Waals surface area contributed by atoms with Crippen LogP contribution in [0.2, 0.25) is 0 Å². The van der Waals surface area contributed by atoms with Gasteiger partial charge < -0.3 is 10.2 Å². The summed E-state index contributed by atoms with van der Waals surface area (Å²) in [5.41, 5.74) is 1.39. The summed E-state index contributed by atoms with van der Waals surface area (Å²) < 4.78 is 0. The molecule has 0 aromatic carbocycles. The lowest BCUT2D eigenvalue weighted by atomic mass is 10.2. The molecule has 0 atom stereocenters. The van der Waals surface area contributed by atoms with Crippen LogP contribution in [-0.4, -0.2) is 27.8 Å². The van der Waals surface area contributed by atoms with Gasteiger partial charge in [-0.15, -0.1) is 0 Å². The van der Waals surface area contributed by atoms with Gasteiger partial charge in [0.25, 0.3) is 0 Å². The molecule has 0 aliphatic rings. The van der Waals surface area contributed by atoms with E-state index in [1.165, 1.54) is 13.0 Å². The molecule has 4 heteroatoms. The van der Waals surface area contributed by atoms with Crippen molar-refractivity contribution >= 4 is 12.0 Å². The number of aromatic nitrogens is 1. The Labute approximate surface area is 101 Å². The number of nitrogens with zero attached hydrogens (tertiary/aromatic N) is 1. The summed E-state index contributed by atoms with van der Waals surface area (Å²) >= 11 is 0. The maximum atomic E-state index is 10.1. The highest BCUT2D eigenvalue weighted by atomic mass is 16.4. The smallest absolute Gasteiger partial charge is 0.330 e. The van der Waals surface area contributed by atoms with Crippen molar-refractivity contribution in [1.29, 1.82) is 0 Å². The maximum absolute atomic E-state index is 10.1. The fraction of sp³-hybridized carbons (Fsp3) is 0.231. The minimum atomic E-state index is -0.927. The number of aliphatic carboxylic acids is 1. The molecule has 1 aromatic rings. The monoisotopic (exact) mass is 235 g/mol. The predicted molar refractivity (Wildman–Crippen MR) is 67.4 cm³/mol. The number of carboxylic acid groups (broad SMARTS) is 1. The molecule has 1 aromatic heterocycles. The van der Waals surface area contributed by atoms with E-state index in [2.05, 4.69) is 11.6 Å². The molecule has 0 unspecified atom stereocenters. The van der Waals surface area contributed by atoms with E-state index in [0.717, 1.165) is 5.56 Å². The van der Waals surface area contributed by atoms with Crippen LogP contribution in [0.4, 0.5) is 0 Å². The first-order valence-electron chi connectivity index (χ1n) is 5.15. The summed E-state index contributed by atoms with van der Waals surface area (Å²) in [6, 6.07) is 3.82. The summed E-state index contributed by atoms with van der Waals surface area (Å²) in [6.45, 7) is 5.11. The molecule has 0 aliphatic heterocycles. The quantitative estimate of drug-likeness (QED) is 0.784. The van der Waals surface area contributed by atoms with Gasteiger partial charge in [-0.2, -0.15) is 0 Å². The van der Waals surface area contributed by atoms with Crippen LogP contribution in [0, 0.1) is 0 Å². The van der Waals surface area contributed by atoms with E-state index in [9.17, 15) is 4.79 Å². The molecular formula is C13H17NO3. The zero-order chi connectivity index (χ0) is 13.1. The van der Waals surface area contributed by atoms with Crippen LogP contribution in [-0.2, 0) is 4.79 Å². The Balaban J connectivity index is 0.000000302. The number of rotatable bonds is 4. The van der Waals surface area contributed by atoms with Gasteiger partial charge in [-0.05, 0) is 31.0 Å². The fourth-order valence-electron chi connectivity index (χ4n) is 0.868. The SMILES string of the molecule is C=Cc1ccncc1.CC(=CCCO)C(=O)O. The van der Waals surface area contributed by atoms with Crippen molar-refractivity contribution in [2.75, 3.05) is 6.61 Å². The molecule has 0 aliphatic carbocycles. The minimum absolute atomic E-state index is 0.00458. The van der Waals surface area contributed by atoms with Crippen LogP contribution >= 0.6 is 0 Å². The standard InChI is InChI=1S/C7H7N.C6H10O3/c1-2-7-3-5-8-6-4-7;1-5(6(8)9)3-2-4-7/h2-6H,1H2;3,7H,2,4H2,1H3,(H,8,9). The zero-order valence-electron chi connectivity index (χ0n) is 9.84. The van der Waals surface area contributed by atoms with Gasteiger partial charge >= 0.3 is 5.97 Å². The van der Waals surface area contributed by atoms with Crippen molar-refractivity contribution in [1.82, 2.24) is 4.98 Å². The molecule has 92 valence electrons. The molecule has 17 heavy (non-hydrogen) atoms. The number of aliphatic hydroxyl groups excluding tert-OH is 1. The number of carboxylic acids is 1. The summed E-state index contributed by atoms with van der Waals surface area (Å²) in [4.78, 5) is 13.9. The molecule has 0 saturated heterocycles. The summed E-state index contributed by atoms with van der Waals surface area (Å²) in [7, 11) is 0. The highest BCUT2D eigenvalue weighted by Crippen LogP contribution is 1.95. The normalized spacial score (nSPS) is 10.1. The van der Waals surface area contributed by atoms with Crippen molar-refractivity contribution in [2.24, 2.45) is 0 Å². The topological polar surface area (TPSA) is 70.4 Å².